The third-order valence-corrected chi connectivity index (χ3v) is 5.17. The minimum absolute atomic E-state index is 0.312. The number of para-hydroxylation sites is 1. The Balaban J connectivity index is 2.16. The minimum Gasteiger partial charge on any atom is -0.383 e. The van der Waals surface area contributed by atoms with E-state index in [4.69, 9.17) is 9.47 Å². The molecule has 158 valence electrons. The van der Waals surface area contributed by atoms with Crippen LogP contribution in [0.3, 0.4) is 0 Å². The summed E-state index contributed by atoms with van der Waals surface area (Å²) in [6.45, 7) is 5.79. The number of rotatable bonds is 9. The van der Waals surface area contributed by atoms with Gasteiger partial charge >= 0.3 is 0 Å². The lowest BCUT2D eigenvalue weighted by Crippen LogP contribution is -2.37. The molecule has 0 atom stereocenters. The maximum atomic E-state index is 13.6. The zero-order valence-corrected chi connectivity index (χ0v) is 18.0. The molecular weight excluding hydrogens is 380 g/mol. The smallest absolute Gasteiger partial charge is 0.282 e. The number of carbonyl (C=O) groups is 2. The molecule has 0 N–H and O–H groups in total. The predicted octanol–water partition coefficient (Wildman–Crippen LogP) is 3.18. The standard InChI is InChI=1S/C24H28N2O4/c1-17-10-11-20(18(2)16-17)21-22(25(12-14-29-3)13-15-30-4)24(28)26(23(21)27)19-8-6-5-7-9-19/h5-11,16H,12-15H2,1-4H3. The first-order valence-corrected chi connectivity index (χ1v) is 9.98. The fourth-order valence-corrected chi connectivity index (χ4v) is 3.70. The molecule has 1 heterocycles. The zero-order chi connectivity index (χ0) is 21.7. The highest BCUT2D eigenvalue weighted by Crippen LogP contribution is 2.36. The van der Waals surface area contributed by atoms with Gasteiger partial charge in [0, 0.05) is 27.3 Å². The van der Waals surface area contributed by atoms with Crippen LogP contribution in [0.25, 0.3) is 5.57 Å². The first kappa shape index (κ1) is 21.7. The largest absolute Gasteiger partial charge is 0.383 e. The van der Waals surface area contributed by atoms with Crippen molar-refractivity contribution in [1.29, 1.82) is 0 Å². The molecular formula is C24H28N2O4. The van der Waals surface area contributed by atoms with Crippen LogP contribution in [0.15, 0.2) is 54.2 Å². The third-order valence-electron chi connectivity index (χ3n) is 5.17. The van der Waals surface area contributed by atoms with E-state index in [2.05, 4.69) is 0 Å². The van der Waals surface area contributed by atoms with E-state index in [0.717, 1.165) is 16.7 Å². The number of hydrogen-bond donors (Lipinski definition) is 0. The van der Waals surface area contributed by atoms with Gasteiger partial charge in [-0.3, -0.25) is 9.59 Å². The second-order valence-electron chi connectivity index (χ2n) is 7.30. The lowest BCUT2D eigenvalue weighted by atomic mass is 9.97. The number of benzene rings is 2. The van der Waals surface area contributed by atoms with Gasteiger partial charge in [0.15, 0.2) is 0 Å². The van der Waals surface area contributed by atoms with Crippen molar-refractivity contribution < 1.29 is 19.1 Å². The summed E-state index contributed by atoms with van der Waals surface area (Å²) in [5.74, 6) is -0.638. The van der Waals surface area contributed by atoms with Gasteiger partial charge in [-0.15, -0.1) is 0 Å². The summed E-state index contributed by atoms with van der Waals surface area (Å²) in [5, 5.41) is 0. The predicted molar refractivity (Wildman–Crippen MR) is 117 cm³/mol. The molecule has 30 heavy (non-hydrogen) atoms. The van der Waals surface area contributed by atoms with Crippen molar-refractivity contribution in [2.75, 3.05) is 45.4 Å². The Morgan fingerprint density at radius 2 is 1.50 bits per heavy atom. The number of nitrogens with zero attached hydrogens (tertiary/aromatic N) is 2. The normalized spacial score (nSPS) is 14.1. The fraction of sp³-hybridized carbons (Fsp3) is 0.333. The summed E-state index contributed by atoms with van der Waals surface area (Å²) in [6, 6.07) is 14.9. The average Bonchev–Trinajstić information content (AvgIpc) is 2.99. The molecule has 1 aliphatic rings. The van der Waals surface area contributed by atoms with Gasteiger partial charge in [-0.1, -0.05) is 42.0 Å². The minimum atomic E-state index is -0.326. The summed E-state index contributed by atoms with van der Waals surface area (Å²) in [7, 11) is 3.23. The second-order valence-corrected chi connectivity index (χ2v) is 7.30. The summed E-state index contributed by atoms with van der Waals surface area (Å²) in [4.78, 5) is 30.3. The number of amides is 2. The van der Waals surface area contributed by atoms with Crippen molar-refractivity contribution in [2.45, 2.75) is 13.8 Å². The van der Waals surface area contributed by atoms with Crippen LogP contribution < -0.4 is 4.90 Å². The molecule has 2 amide bonds. The van der Waals surface area contributed by atoms with E-state index in [0.29, 0.717) is 43.3 Å². The Morgan fingerprint density at radius 3 is 2.07 bits per heavy atom. The molecule has 2 aromatic rings. The molecule has 0 fully saturated rings. The molecule has 3 rings (SSSR count). The van der Waals surface area contributed by atoms with E-state index in [1.54, 1.807) is 26.4 Å². The Morgan fingerprint density at radius 1 is 0.867 bits per heavy atom. The van der Waals surface area contributed by atoms with Gasteiger partial charge in [0.2, 0.25) is 0 Å². The summed E-state index contributed by atoms with van der Waals surface area (Å²) in [5.41, 5.74) is 4.21. The van der Waals surface area contributed by atoms with Gasteiger partial charge in [-0.25, -0.2) is 4.90 Å². The molecule has 0 aliphatic carbocycles. The van der Waals surface area contributed by atoms with Gasteiger partial charge < -0.3 is 14.4 Å². The number of carbonyl (C=O) groups excluding carboxylic acids is 2. The third kappa shape index (κ3) is 4.30. The van der Waals surface area contributed by atoms with Crippen molar-refractivity contribution in [2.24, 2.45) is 0 Å². The van der Waals surface area contributed by atoms with Crippen LogP contribution in [0.2, 0.25) is 0 Å². The van der Waals surface area contributed by atoms with Crippen LogP contribution in [0.1, 0.15) is 16.7 Å². The van der Waals surface area contributed by atoms with E-state index >= 15 is 0 Å². The van der Waals surface area contributed by atoms with Crippen LogP contribution in [0.4, 0.5) is 5.69 Å². The lowest BCUT2D eigenvalue weighted by molar-refractivity contribution is -0.120. The fourth-order valence-electron chi connectivity index (χ4n) is 3.70. The summed E-state index contributed by atoms with van der Waals surface area (Å²) >= 11 is 0. The van der Waals surface area contributed by atoms with Gasteiger partial charge in [-0.2, -0.15) is 0 Å². The van der Waals surface area contributed by atoms with Crippen molar-refractivity contribution >= 4 is 23.1 Å². The molecule has 1 aliphatic heterocycles. The maximum absolute atomic E-state index is 13.6. The number of ether oxygens (including phenoxy) is 2. The molecule has 0 unspecified atom stereocenters. The van der Waals surface area contributed by atoms with E-state index in [-0.39, 0.29) is 11.8 Å². The number of aryl methyl sites for hydroxylation is 2. The van der Waals surface area contributed by atoms with Crippen molar-refractivity contribution in [3.05, 3.63) is 70.9 Å². The van der Waals surface area contributed by atoms with Crippen LogP contribution in [-0.2, 0) is 19.1 Å². The number of methoxy groups -OCH3 is 2. The van der Waals surface area contributed by atoms with E-state index < -0.39 is 0 Å². The highest BCUT2D eigenvalue weighted by molar-refractivity contribution is 6.45. The SMILES string of the molecule is COCCN(CCOC)C1=C(c2ccc(C)cc2C)C(=O)N(c2ccccc2)C1=O. The monoisotopic (exact) mass is 408 g/mol. The highest BCUT2D eigenvalue weighted by atomic mass is 16.5. The Bertz CT molecular complexity index is 945. The molecule has 0 radical (unpaired) electrons. The van der Waals surface area contributed by atoms with Crippen LogP contribution in [0.5, 0.6) is 0 Å². The maximum Gasteiger partial charge on any atom is 0.282 e. The Hall–Kier alpha value is -2.96. The Labute approximate surface area is 177 Å². The molecule has 0 bridgehead atoms. The number of imide groups is 1. The van der Waals surface area contributed by atoms with Crippen LogP contribution in [-0.4, -0.2) is 57.2 Å². The lowest BCUT2D eigenvalue weighted by Gasteiger charge is -2.25. The van der Waals surface area contributed by atoms with Crippen molar-refractivity contribution in [1.82, 2.24) is 4.90 Å². The molecule has 0 spiro atoms. The topological polar surface area (TPSA) is 59.1 Å². The number of anilines is 1. The summed E-state index contributed by atoms with van der Waals surface area (Å²) < 4.78 is 10.5. The van der Waals surface area contributed by atoms with E-state index in [9.17, 15) is 9.59 Å². The first-order valence-electron chi connectivity index (χ1n) is 9.98. The molecule has 0 saturated carbocycles. The van der Waals surface area contributed by atoms with Crippen molar-refractivity contribution in [3.63, 3.8) is 0 Å². The van der Waals surface area contributed by atoms with E-state index in [1.807, 2.05) is 55.1 Å². The van der Waals surface area contributed by atoms with Crippen LogP contribution in [0, 0.1) is 13.8 Å². The number of hydrogen-bond acceptors (Lipinski definition) is 5. The quantitative estimate of drug-likeness (QED) is 0.597. The zero-order valence-electron chi connectivity index (χ0n) is 18.0. The van der Waals surface area contributed by atoms with Gasteiger partial charge in [0.05, 0.1) is 24.5 Å². The highest BCUT2D eigenvalue weighted by Gasteiger charge is 2.42. The second kappa shape index (κ2) is 9.69. The first-order chi connectivity index (χ1) is 14.5. The molecule has 6 nitrogen and oxygen atoms in total. The summed E-state index contributed by atoms with van der Waals surface area (Å²) in [6.07, 6.45) is 0. The van der Waals surface area contributed by atoms with Crippen molar-refractivity contribution in [3.8, 4) is 0 Å². The van der Waals surface area contributed by atoms with Gasteiger partial charge in [-0.05, 0) is 37.1 Å². The van der Waals surface area contributed by atoms with E-state index in [1.165, 1.54) is 4.90 Å². The average molecular weight is 408 g/mol. The molecule has 2 aromatic carbocycles. The van der Waals surface area contributed by atoms with Gasteiger partial charge in [0.1, 0.15) is 5.70 Å². The van der Waals surface area contributed by atoms with Crippen LogP contribution >= 0.6 is 0 Å². The molecule has 6 heteroatoms. The van der Waals surface area contributed by atoms with Gasteiger partial charge in [0.25, 0.3) is 11.8 Å². The molecule has 0 aromatic heterocycles. The Kier molecular flexibility index (Phi) is 7.03. The molecule has 0 saturated heterocycles.